The Kier molecular flexibility index (Phi) is 5.68. The maximum Gasteiger partial charge on any atom is 0.210 e. The lowest BCUT2D eigenvalue weighted by atomic mass is 9.98. The minimum absolute atomic E-state index is 0.0525. The molecule has 0 N–H and O–H groups in total. The van der Waals surface area contributed by atoms with Gasteiger partial charge in [-0.3, -0.25) is 4.98 Å². The summed E-state index contributed by atoms with van der Waals surface area (Å²) in [6.07, 6.45) is 3.41. The Bertz CT molecular complexity index is 1170. The molecule has 2 heterocycles. The van der Waals surface area contributed by atoms with E-state index in [-0.39, 0.29) is 19.8 Å². The topological polar surface area (TPSA) is 50.3 Å². The quantitative estimate of drug-likeness (QED) is 0.454. The van der Waals surface area contributed by atoms with Crippen LogP contribution in [0.3, 0.4) is 0 Å². The van der Waals surface area contributed by atoms with E-state index in [0.717, 1.165) is 31.3 Å². The van der Waals surface area contributed by atoms with Gasteiger partial charge in [-0.1, -0.05) is 41.7 Å². The molecule has 0 aliphatic carbocycles. The van der Waals surface area contributed by atoms with E-state index in [1.165, 1.54) is 24.4 Å². The maximum absolute atomic E-state index is 13.6. The molecule has 0 atom stereocenters. The van der Waals surface area contributed by atoms with Gasteiger partial charge < -0.3 is 4.90 Å². The van der Waals surface area contributed by atoms with Crippen LogP contribution in [0.1, 0.15) is 19.8 Å². The first-order valence-corrected chi connectivity index (χ1v) is 11.9. The molecule has 1 fully saturated rings. The predicted octanol–water partition coefficient (Wildman–Crippen LogP) is 6.26. The van der Waals surface area contributed by atoms with Crippen LogP contribution >= 0.6 is 34.8 Å². The van der Waals surface area contributed by atoms with Gasteiger partial charge in [-0.15, -0.1) is 0 Å². The number of pyridine rings is 1. The Labute approximate surface area is 185 Å². The van der Waals surface area contributed by atoms with E-state index in [0.29, 0.717) is 22.1 Å². The number of anilines is 1. The van der Waals surface area contributed by atoms with Crippen LogP contribution in [0.15, 0.2) is 52.4 Å². The van der Waals surface area contributed by atoms with Crippen molar-refractivity contribution >= 4 is 61.2 Å². The third-order valence-electron chi connectivity index (χ3n) is 5.30. The van der Waals surface area contributed by atoms with Crippen LogP contribution < -0.4 is 4.90 Å². The summed E-state index contributed by atoms with van der Waals surface area (Å²) in [4.78, 5) is 6.73. The molecule has 4 rings (SSSR count). The van der Waals surface area contributed by atoms with Crippen LogP contribution in [0.4, 0.5) is 5.69 Å². The smallest absolute Gasteiger partial charge is 0.210 e. The van der Waals surface area contributed by atoms with Gasteiger partial charge in [0.25, 0.3) is 0 Å². The van der Waals surface area contributed by atoms with Gasteiger partial charge in [0, 0.05) is 39.7 Å². The molecule has 1 aliphatic heterocycles. The van der Waals surface area contributed by atoms with Crippen LogP contribution in [-0.2, 0) is 9.84 Å². The van der Waals surface area contributed by atoms with Crippen molar-refractivity contribution in [1.29, 1.82) is 0 Å². The Balaban J connectivity index is 1.96. The zero-order valence-corrected chi connectivity index (χ0v) is 18.8. The largest absolute Gasteiger partial charge is 0.370 e. The molecule has 29 heavy (non-hydrogen) atoms. The van der Waals surface area contributed by atoms with Crippen LogP contribution in [0.25, 0.3) is 10.9 Å². The van der Waals surface area contributed by atoms with E-state index >= 15 is 0 Å². The first kappa shape index (κ1) is 20.7. The third-order valence-corrected chi connectivity index (χ3v) is 7.71. The van der Waals surface area contributed by atoms with Crippen molar-refractivity contribution in [2.24, 2.45) is 5.92 Å². The molecular formula is C21H19Cl3N2O2S. The van der Waals surface area contributed by atoms with Gasteiger partial charge in [0.15, 0.2) is 0 Å². The van der Waals surface area contributed by atoms with Gasteiger partial charge in [0.2, 0.25) is 9.84 Å². The number of benzene rings is 2. The monoisotopic (exact) mass is 468 g/mol. The molecule has 0 unspecified atom stereocenters. The molecule has 0 radical (unpaired) electrons. The Hall–Kier alpha value is -1.53. The number of hydrogen-bond donors (Lipinski definition) is 0. The van der Waals surface area contributed by atoms with Crippen molar-refractivity contribution in [2.45, 2.75) is 29.6 Å². The molecule has 0 amide bonds. The molecule has 0 spiro atoms. The fourth-order valence-electron chi connectivity index (χ4n) is 3.70. The second-order valence-electron chi connectivity index (χ2n) is 7.41. The predicted molar refractivity (Wildman–Crippen MR) is 119 cm³/mol. The number of sulfone groups is 1. The zero-order chi connectivity index (χ0) is 20.8. The first-order chi connectivity index (χ1) is 13.8. The summed E-state index contributed by atoms with van der Waals surface area (Å²) in [6.45, 7) is 3.77. The minimum Gasteiger partial charge on any atom is -0.370 e. The molecule has 4 nitrogen and oxygen atoms in total. The van der Waals surface area contributed by atoms with E-state index in [4.69, 9.17) is 34.8 Å². The number of nitrogens with zero attached hydrogens (tertiary/aromatic N) is 2. The lowest BCUT2D eigenvalue weighted by Gasteiger charge is -2.34. The standard InChI is InChI=1S/C21H19Cl3N2O2S/c1-13-4-6-26(7-5-13)21-18-3-2-14(22)11-19(18)25-12-20(21)29(27,28)17-9-15(23)8-16(24)10-17/h2-3,8-13H,4-7H2,1H3. The van der Waals surface area contributed by atoms with Crippen LogP contribution in [0.5, 0.6) is 0 Å². The molecule has 2 aromatic carbocycles. The van der Waals surface area contributed by atoms with Crippen LogP contribution in [0.2, 0.25) is 15.1 Å². The van der Waals surface area contributed by atoms with Gasteiger partial charge >= 0.3 is 0 Å². The number of aromatic nitrogens is 1. The fourth-order valence-corrected chi connectivity index (χ4v) is 6.02. The van der Waals surface area contributed by atoms with Crippen LogP contribution in [0, 0.1) is 5.92 Å². The summed E-state index contributed by atoms with van der Waals surface area (Å²) in [5.74, 6) is 0.612. The van der Waals surface area contributed by atoms with Crippen molar-refractivity contribution in [3.8, 4) is 0 Å². The van der Waals surface area contributed by atoms with Crippen molar-refractivity contribution in [1.82, 2.24) is 4.98 Å². The van der Waals surface area contributed by atoms with Gasteiger partial charge in [-0.2, -0.15) is 0 Å². The maximum atomic E-state index is 13.6. The van der Waals surface area contributed by atoms with Crippen LogP contribution in [-0.4, -0.2) is 26.5 Å². The summed E-state index contributed by atoms with van der Waals surface area (Å²) in [5, 5.41) is 1.86. The number of hydrogen-bond acceptors (Lipinski definition) is 4. The number of piperidine rings is 1. The molecule has 152 valence electrons. The molecule has 8 heteroatoms. The van der Waals surface area contributed by atoms with Gasteiger partial charge in [0.05, 0.1) is 16.1 Å². The lowest BCUT2D eigenvalue weighted by molar-refractivity contribution is 0.437. The third kappa shape index (κ3) is 4.06. The molecule has 1 aromatic heterocycles. The Morgan fingerprint density at radius 2 is 1.62 bits per heavy atom. The number of fused-ring (bicyclic) bond motifs is 1. The second kappa shape index (κ2) is 7.95. The summed E-state index contributed by atoms with van der Waals surface area (Å²) in [5.41, 5.74) is 1.32. The van der Waals surface area contributed by atoms with E-state index in [2.05, 4.69) is 16.8 Å². The van der Waals surface area contributed by atoms with Crippen molar-refractivity contribution < 1.29 is 8.42 Å². The first-order valence-electron chi connectivity index (χ1n) is 9.30. The SMILES string of the molecule is CC1CCN(c2c(S(=O)(=O)c3cc(Cl)cc(Cl)c3)cnc3cc(Cl)ccc23)CC1. The Morgan fingerprint density at radius 3 is 2.28 bits per heavy atom. The fraction of sp³-hybridized carbons (Fsp3) is 0.286. The van der Waals surface area contributed by atoms with E-state index in [9.17, 15) is 8.42 Å². The van der Waals surface area contributed by atoms with E-state index in [1.807, 2.05) is 6.07 Å². The average molecular weight is 470 g/mol. The second-order valence-corrected chi connectivity index (χ2v) is 10.6. The number of halogens is 3. The number of rotatable bonds is 3. The molecule has 3 aromatic rings. The average Bonchev–Trinajstić information content (AvgIpc) is 2.67. The molecule has 1 saturated heterocycles. The summed E-state index contributed by atoms with van der Waals surface area (Å²) >= 11 is 18.3. The Morgan fingerprint density at radius 1 is 0.966 bits per heavy atom. The molecular weight excluding hydrogens is 451 g/mol. The van der Waals surface area contributed by atoms with Gasteiger partial charge in [0.1, 0.15) is 4.90 Å². The van der Waals surface area contributed by atoms with E-state index in [1.54, 1.807) is 12.1 Å². The highest BCUT2D eigenvalue weighted by molar-refractivity contribution is 7.91. The van der Waals surface area contributed by atoms with Gasteiger partial charge in [-0.05, 0) is 55.2 Å². The highest BCUT2D eigenvalue weighted by atomic mass is 35.5. The highest BCUT2D eigenvalue weighted by Gasteiger charge is 2.29. The summed E-state index contributed by atoms with van der Waals surface area (Å²) in [7, 11) is -3.89. The molecule has 0 bridgehead atoms. The normalized spacial score (nSPS) is 15.8. The summed E-state index contributed by atoms with van der Waals surface area (Å²) in [6, 6.07) is 9.68. The van der Waals surface area contributed by atoms with Crippen molar-refractivity contribution in [2.75, 3.05) is 18.0 Å². The van der Waals surface area contributed by atoms with Crippen molar-refractivity contribution in [3.63, 3.8) is 0 Å². The minimum atomic E-state index is -3.89. The van der Waals surface area contributed by atoms with E-state index < -0.39 is 9.84 Å². The van der Waals surface area contributed by atoms with Crippen molar-refractivity contribution in [3.05, 3.63) is 57.7 Å². The summed E-state index contributed by atoms with van der Waals surface area (Å²) < 4.78 is 27.1. The molecule has 1 aliphatic rings. The molecule has 0 saturated carbocycles. The lowest BCUT2D eigenvalue weighted by Crippen LogP contribution is -2.34. The van der Waals surface area contributed by atoms with Gasteiger partial charge in [-0.25, -0.2) is 8.42 Å². The zero-order valence-electron chi connectivity index (χ0n) is 15.7. The highest BCUT2D eigenvalue weighted by Crippen LogP contribution is 2.39.